The Morgan fingerprint density at radius 1 is 1.10 bits per heavy atom. The first-order chi connectivity index (χ1) is 19.7. The van der Waals surface area contributed by atoms with Gasteiger partial charge in [-0.15, -0.1) is 11.3 Å². The van der Waals surface area contributed by atoms with Gasteiger partial charge < -0.3 is 19.5 Å². The van der Waals surface area contributed by atoms with Gasteiger partial charge in [-0.3, -0.25) is 9.48 Å². The van der Waals surface area contributed by atoms with E-state index in [4.69, 9.17) is 4.18 Å². The molecule has 42 heavy (non-hydrogen) atoms. The molecule has 0 spiro atoms. The molecular weight excluding hydrogens is 594 g/mol. The SMILES string of the molecule is CC(C)C[C@H](NC(=O)Cn1nc(-c2ccccc2OS(=O)(=O)c2cccc(C(F)(F)F)c2)cc1-c1cccs1)B(O)O. The zero-order valence-corrected chi connectivity index (χ0v) is 24.1. The van der Waals surface area contributed by atoms with Crippen LogP contribution in [0.5, 0.6) is 5.75 Å². The molecule has 4 aromatic rings. The van der Waals surface area contributed by atoms with E-state index < -0.39 is 45.7 Å². The summed E-state index contributed by atoms with van der Waals surface area (Å²) in [6, 6.07) is 14.5. The van der Waals surface area contributed by atoms with Gasteiger partial charge in [-0.25, -0.2) is 0 Å². The number of hydrogen-bond acceptors (Lipinski definition) is 8. The van der Waals surface area contributed by atoms with E-state index in [0.29, 0.717) is 18.2 Å². The molecule has 0 radical (unpaired) electrons. The van der Waals surface area contributed by atoms with E-state index >= 15 is 0 Å². The lowest BCUT2D eigenvalue weighted by molar-refractivity contribution is -0.137. The van der Waals surface area contributed by atoms with Gasteiger partial charge >= 0.3 is 23.4 Å². The van der Waals surface area contributed by atoms with Crippen LogP contribution in [0, 0.1) is 5.92 Å². The van der Waals surface area contributed by atoms with E-state index in [9.17, 15) is 36.4 Å². The van der Waals surface area contributed by atoms with Gasteiger partial charge in [0.15, 0.2) is 5.75 Å². The van der Waals surface area contributed by atoms with Crippen LogP contribution in [-0.4, -0.2) is 47.2 Å². The van der Waals surface area contributed by atoms with Crippen molar-refractivity contribution in [1.82, 2.24) is 15.1 Å². The number of halogens is 3. The van der Waals surface area contributed by atoms with Gasteiger partial charge in [0.05, 0.1) is 27.8 Å². The summed E-state index contributed by atoms with van der Waals surface area (Å²) in [4.78, 5) is 13.0. The zero-order valence-electron chi connectivity index (χ0n) is 22.4. The molecular formula is C27H27BF3N3O6S2. The zero-order chi connectivity index (χ0) is 30.7. The number of thiophene rings is 1. The van der Waals surface area contributed by atoms with Crippen molar-refractivity contribution in [2.24, 2.45) is 5.92 Å². The van der Waals surface area contributed by atoms with Crippen LogP contribution in [-0.2, 0) is 27.6 Å². The van der Waals surface area contributed by atoms with Crippen molar-refractivity contribution in [3.05, 3.63) is 77.7 Å². The molecule has 0 aliphatic carbocycles. The molecule has 15 heteroatoms. The van der Waals surface area contributed by atoms with Gasteiger partial charge in [0.1, 0.15) is 11.4 Å². The van der Waals surface area contributed by atoms with Gasteiger partial charge in [0.25, 0.3) is 0 Å². The number of amides is 1. The number of carbonyl (C=O) groups is 1. The summed E-state index contributed by atoms with van der Waals surface area (Å²) < 4.78 is 72.2. The fourth-order valence-corrected chi connectivity index (χ4v) is 5.93. The van der Waals surface area contributed by atoms with E-state index in [1.54, 1.807) is 24.3 Å². The molecule has 0 aliphatic rings. The maximum absolute atomic E-state index is 13.2. The summed E-state index contributed by atoms with van der Waals surface area (Å²) in [5.74, 6) is -1.52. The Labute approximate surface area is 244 Å². The normalized spacial score (nSPS) is 12.8. The third-order valence-corrected chi connectivity index (χ3v) is 8.21. The quantitative estimate of drug-likeness (QED) is 0.165. The third-order valence-electron chi connectivity index (χ3n) is 6.09. The summed E-state index contributed by atoms with van der Waals surface area (Å²) in [6.07, 6.45) is -4.42. The van der Waals surface area contributed by atoms with Gasteiger partial charge in [0.2, 0.25) is 5.91 Å². The number of nitrogens with one attached hydrogen (secondary N) is 1. The molecule has 1 atom stereocenters. The number of carbonyl (C=O) groups excluding carboxylic acids is 1. The molecule has 0 saturated heterocycles. The minimum absolute atomic E-state index is 0.0822. The summed E-state index contributed by atoms with van der Waals surface area (Å²) in [5, 5.41) is 28.3. The Balaban J connectivity index is 1.67. The monoisotopic (exact) mass is 621 g/mol. The lowest BCUT2D eigenvalue weighted by atomic mass is 9.75. The van der Waals surface area contributed by atoms with E-state index in [1.807, 2.05) is 19.2 Å². The number of rotatable bonds is 11. The molecule has 4 rings (SSSR count). The highest BCUT2D eigenvalue weighted by Gasteiger charge is 2.32. The van der Waals surface area contributed by atoms with Crippen LogP contribution in [0.1, 0.15) is 25.8 Å². The van der Waals surface area contributed by atoms with E-state index in [1.165, 1.54) is 34.2 Å². The molecule has 0 aliphatic heterocycles. The topological polar surface area (TPSA) is 131 Å². The lowest BCUT2D eigenvalue weighted by Gasteiger charge is -2.19. The van der Waals surface area contributed by atoms with Gasteiger partial charge in [-0.1, -0.05) is 38.1 Å². The predicted molar refractivity (Wildman–Crippen MR) is 152 cm³/mol. The fraction of sp³-hybridized carbons (Fsp3) is 0.259. The average Bonchev–Trinajstić information content (AvgIpc) is 3.58. The first-order valence-corrected chi connectivity index (χ1v) is 15.0. The second-order valence-corrected chi connectivity index (χ2v) is 12.3. The molecule has 222 valence electrons. The van der Waals surface area contributed by atoms with Crippen molar-refractivity contribution in [2.45, 2.75) is 43.8 Å². The van der Waals surface area contributed by atoms with Crippen molar-refractivity contribution >= 4 is 34.5 Å². The number of hydrogen-bond donors (Lipinski definition) is 3. The number of alkyl halides is 3. The first kappa shape index (κ1) is 31.3. The summed E-state index contributed by atoms with van der Waals surface area (Å²) >= 11 is 1.38. The number of nitrogens with zero attached hydrogens (tertiary/aromatic N) is 2. The Bertz CT molecular complexity index is 1640. The number of para-hydroxylation sites is 1. The van der Waals surface area contributed by atoms with Crippen LogP contribution in [0.25, 0.3) is 21.8 Å². The molecule has 0 unspecified atom stereocenters. The third kappa shape index (κ3) is 7.59. The molecule has 1 amide bonds. The number of aromatic nitrogens is 2. The number of benzene rings is 2. The maximum atomic E-state index is 13.2. The van der Waals surface area contributed by atoms with Crippen molar-refractivity contribution in [2.75, 3.05) is 0 Å². The van der Waals surface area contributed by atoms with Crippen molar-refractivity contribution in [1.29, 1.82) is 0 Å². The summed E-state index contributed by atoms with van der Waals surface area (Å²) in [5.41, 5.74) is -0.159. The minimum Gasteiger partial charge on any atom is -0.426 e. The molecule has 9 nitrogen and oxygen atoms in total. The highest BCUT2D eigenvalue weighted by Crippen LogP contribution is 2.36. The van der Waals surface area contributed by atoms with E-state index in [2.05, 4.69) is 10.4 Å². The van der Waals surface area contributed by atoms with Crippen LogP contribution in [0.3, 0.4) is 0 Å². The smallest absolute Gasteiger partial charge is 0.426 e. The largest absolute Gasteiger partial charge is 0.475 e. The van der Waals surface area contributed by atoms with Crippen LogP contribution in [0.2, 0.25) is 0 Å². The Morgan fingerprint density at radius 2 is 1.83 bits per heavy atom. The van der Waals surface area contributed by atoms with Gasteiger partial charge in [-0.2, -0.15) is 26.7 Å². The molecule has 0 fully saturated rings. The molecule has 2 aromatic carbocycles. The summed E-state index contributed by atoms with van der Waals surface area (Å²) in [7, 11) is -6.43. The van der Waals surface area contributed by atoms with Crippen molar-refractivity contribution < 1.29 is 40.6 Å². The second-order valence-electron chi connectivity index (χ2n) is 9.83. The van der Waals surface area contributed by atoms with Gasteiger partial charge in [0, 0.05) is 5.56 Å². The summed E-state index contributed by atoms with van der Waals surface area (Å²) in [6.45, 7) is 3.46. The molecule has 2 heterocycles. The standard InChI is InChI=1S/C27H27BF3N3O6S2/c1-17(2)13-25(28(36)37)32-26(35)16-34-22(24-11-6-12-41-24)15-21(33-34)20-9-3-4-10-23(20)40-42(38,39)19-8-5-7-18(14-19)27(29,30)31/h3-12,14-15,17,25,36-37H,13,16H2,1-2H3,(H,32,35)/t25-/m0/s1. The molecule has 0 bridgehead atoms. The predicted octanol–water partition coefficient (Wildman–Crippen LogP) is 4.61. The molecule has 0 saturated carbocycles. The van der Waals surface area contributed by atoms with Crippen molar-refractivity contribution in [3.63, 3.8) is 0 Å². The highest BCUT2D eigenvalue weighted by molar-refractivity contribution is 7.87. The maximum Gasteiger partial charge on any atom is 0.475 e. The average molecular weight is 621 g/mol. The van der Waals surface area contributed by atoms with Gasteiger partial charge in [-0.05, 0) is 60.2 Å². The lowest BCUT2D eigenvalue weighted by Crippen LogP contribution is -2.48. The van der Waals surface area contributed by atoms with E-state index in [-0.39, 0.29) is 29.5 Å². The second kappa shape index (κ2) is 12.7. The Hall–Kier alpha value is -3.66. The van der Waals surface area contributed by atoms with Crippen LogP contribution < -0.4 is 9.50 Å². The van der Waals surface area contributed by atoms with Crippen LogP contribution in [0.4, 0.5) is 13.2 Å². The molecule has 3 N–H and O–H groups in total. The van der Waals surface area contributed by atoms with E-state index in [0.717, 1.165) is 23.1 Å². The Morgan fingerprint density at radius 3 is 2.48 bits per heavy atom. The first-order valence-electron chi connectivity index (χ1n) is 12.7. The minimum atomic E-state index is -4.75. The highest BCUT2D eigenvalue weighted by atomic mass is 32.2. The fourth-order valence-electron chi connectivity index (χ4n) is 4.19. The van der Waals surface area contributed by atoms with Crippen LogP contribution >= 0.6 is 11.3 Å². The van der Waals surface area contributed by atoms with Crippen molar-refractivity contribution in [3.8, 4) is 27.6 Å². The van der Waals surface area contributed by atoms with Crippen LogP contribution in [0.15, 0.2) is 77.0 Å². The Kier molecular flexibility index (Phi) is 9.45. The molecule has 2 aromatic heterocycles.